The molecule has 1 atom stereocenters. The van der Waals surface area contributed by atoms with E-state index in [1.54, 1.807) is 6.07 Å². The molecule has 1 aliphatic heterocycles. The summed E-state index contributed by atoms with van der Waals surface area (Å²) in [6.07, 6.45) is 0. The first-order valence-electron chi connectivity index (χ1n) is 5.45. The summed E-state index contributed by atoms with van der Waals surface area (Å²) < 4.78 is 10.2. The van der Waals surface area contributed by atoms with E-state index in [9.17, 15) is 15.0 Å². The Bertz CT molecular complexity index is 512. The molecule has 4 radical (unpaired) electrons. The van der Waals surface area contributed by atoms with E-state index < -0.39 is 17.0 Å². The molecule has 19 heavy (non-hydrogen) atoms. The predicted octanol–water partition coefficient (Wildman–Crippen LogP) is -1.16. The highest BCUT2D eigenvalue weighted by molar-refractivity contribution is 6.38. The third kappa shape index (κ3) is 3.09. The van der Waals surface area contributed by atoms with Crippen molar-refractivity contribution in [3.8, 4) is 11.5 Å². The zero-order valence-electron chi connectivity index (χ0n) is 10.2. The summed E-state index contributed by atoms with van der Waals surface area (Å²) in [7, 11) is 10.2. The molecule has 1 aromatic carbocycles. The van der Waals surface area contributed by atoms with Crippen LogP contribution in [0.5, 0.6) is 11.5 Å². The fourth-order valence-electron chi connectivity index (χ4n) is 1.77. The van der Waals surface area contributed by atoms with E-state index >= 15 is 0 Å². The predicted molar refractivity (Wildman–Crippen MR) is 67.1 cm³/mol. The second-order valence-electron chi connectivity index (χ2n) is 4.42. The first kappa shape index (κ1) is 13.9. The number of ketones is 1. The number of hydrogen-bond acceptors (Lipinski definition) is 6. The second-order valence-corrected chi connectivity index (χ2v) is 4.42. The van der Waals surface area contributed by atoms with Crippen molar-refractivity contribution < 1.29 is 24.5 Å². The zero-order chi connectivity index (χ0) is 14.3. The van der Waals surface area contributed by atoms with Crippen molar-refractivity contribution in [1.82, 2.24) is 5.32 Å². The van der Waals surface area contributed by atoms with Crippen LogP contribution in [-0.4, -0.2) is 49.7 Å². The van der Waals surface area contributed by atoms with Crippen molar-refractivity contribution in [3.05, 3.63) is 23.8 Å². The lowest BCUT2D eigenvalue weighted by molar-refractivity contribution is -0.00834. The van der Waals surface area contributed by atoms with Crippen LogP contribution in [0, 0.1) is 0 Å². The number of fused-ring (bicyclic) bond motifs is 1. The van der Waals surface area contributed by atoms with Gasteiger partial charge in [0, 0.05) is 11.1 Å². The Kier molecular flexibility index (Phi) is 3.34. The van der Waals surface area contributed by atoms with Crippen molar-refractivity contribution >= 4 is 21.5 Å². The van der Waals surface area contributed by atoms with Crippen molar-refractivity contribution in [1.29, 1.82) is 0 Å². The molecular formula is C11H11B2NO5. The van der Waals surface area contributed by atoms with Gasteiger partial charge in [0.05, 0.1) is 0 Å². The number of Topliss-reactive ketones (excluding diaryl/α,β-unsaturated/α-hetero) is 1. The summed E-state index contributed by atoms with van der Waals surface area (Å²) in [6, 6.07) is 4.42. The Morgan fingerprint density at radius 3 is 2.58 bits per heavy atom. The van der Waals surface area contributed by atoms with Gasteiger partial charge in [0.2, 0.25) is 12.6 Å². The molecule has 0 saturated carbocycles. The topological polar surface area (TPSA) is 88.0 Å². The Morgan fingerprint density at radius 2 is 1.95 bits per heavy atom. The molecule has 3 N–H and O–H groups in total. The molecule has 0 spiro atoms. The maximum Gasteiger partial charge on any atom is 0.231 e. The van der Waals surface area contributed by atoms with E-state index in [4.69, 9.17) is 25.2 Å². The van der Waals surface area contributed by atoms with Crippen LogP contribution in [0.2, 0.25) is 0 Å². The van der Waals surface area contributed by atoms with Crippen LogP contribution >= 0.6 is 0 Å². The molecule has 0 unspecified atom stereocenters. The third-order valence-corrected chi connectivity index (χ3v) is 2.52. The van der Waals surface area contributed by atoms with Gasteiger partial charge in [-0.15, -0.1) is 0 Å². The van der Waals surface area contributed by atoms with E-state index in [0.717, 1.165) is 6.92 Å². The fourth-order valence-corrected chi connectivity index (χ4v) is 1.77. The number of nitrogens with one attached hydrogen (secondary N) is 1. The normalized spacial score (nSPS) is 17.0. The van der Waals surface area contributed by atoms with Gasteiger partial charge in [0.25, 0.3) is 0 Å². The molecule has 1 aromatic rings. The van der Waals surface area contributed by atoms with Gasteiger partial charge >= 0.3 is 0 Å². The molecule has 0 amide bonds. The lowest BCUT2D eigenvalue weighted by Crippen LogP contribution is -2.61. The summed E-state index contributed by atoms with van der Waals surface area (Å²) in [5.41, 5.74) is -4.35. The maximum atomic E-state index is 12.1. The summed E-state index contributed by atoms with van der Waals surface area (Å²) in [5, 5.41) is 21.2. The van der Waals surface area contributed by atoms with Crippen LogP contribution in [0.1, 0.15) is 17.3 Å². The summed E-state index contributed by atoms with van der Waals surface area (Å²) in [5.74, 6) is 0.191. The number of carbonyl (C=O) groups is 1. The van der Waals surface area contributed by atoms with Gasteiger partial charge in [-0.25, -0.2) is 0 Å². The van der Waals surface area contributed by atoms with Gasteiger partial charge in [-0.3, -0.25) is 10.1 Å². The average molecular weight is 259 g/mol. The van der Waals surface area contributed by atoms with E-state index in [0.29, 0.717) is 11.5 Å². The highest BCUT2D eigenvalue weighted by Crippen LogP contribution is 2.33. The third-order valence-electron chi connectivity index (χ3n) is 2.52. The highest BCUT2D eigenvalue weighted by Gasteiger charge is 2.35. The SMILES string of the molecule is [B]C([B])(O)N[C@@](C)(O)C(=O)c1ccc2c(c1)OCO2. The van der Waals surface area contributed by atoms with Crippen LogP contribution in [-0.2, 0) is 0 Å². The molecule has 2 rings (SSSR count). The van der Waals surface area contributed by atoms with E-state index in [1.165, 1.54) is 12.1 Å². The maximum absolute atomic E-state index is 12.1. The minimum Gasteiger partial charge on any atom is -0.454 e. The van der Waals surface area contributed by atoms with Crippen LogP contribution < -0.4 is 14.8 Å². The molecule has 1 heterocycles. The Balaban J connectivity index is 2.24. The fraction of sp³-hybridized carbons (Fsp3) is 0.364. The van der Waals surface area contributed by atoms with Crippen molar-refractivity contribution in [2.24, 2.45) is 0 Å². The minimum absolute atomic E-state index is 0.0764. The number of rotatable bonds is 4. The Labute approximate surface area is 112 Å². The molecule has 0 fully saturated rings. The van der Waals surface area contributed by atoms with Crippen LogP contribution in [0.4, 0.5) is 0 Å². The van der Waals surface area contributed by atoms with Gasteiger partial charge < -0.3 is 19.7 Å². The molecule has 0 aliphatic carbocycles. The van der Waals surface area contributed by atoms with E-state index in [-0.39, 0.29) is 12.4 Å². The molecule has 96 valence electrons. The lowest BCUT2D eigenvalue weighted by Gasteiger charge is -2.32. The lowest BCUT2D eigenvalue weighted by atomic mass is 9.72. The average Bonchev–Trinajstić information content (AvgIpc) is 2.71. The van der Waals surface area contributed by atoms with Gasteiger partial charge in [0.15, 0.2) is 17.2 Å². The molecule has 0 aromatic heterocycles. The number of aliphatic hydroxyl groups is 2. The quantitative estimate of drug-likeness (QED) is 0.359. The van der Waals surface area contributed by atoms with Crippen molar-refractivity contribution in [2.75, 3.05) is 6.79 Å². The second kappa shape index (κ2) is 4.56. The summed E-state index contributed by atoms with van der Waals surface area (Å²) in [6.45, 7) is 1.21. The van der Waals surface area contributed by atoms with Gasteiger partial charge in [-0.2, -0.15) is 0 Å². The molecule has 8 heteroatoms. The van der Waals surface area contributed by atoms with E-state index in [1.807, 2.05) is 5.32 Å². The standard InChI is InChI=1S/C11H11B2NO5/c1-10(16,14-11(12,13)17)9(15)6-2-3-7-8(4-6)19-5-18-7/h2-4,14,16-17H,5H2,1H3/t10-/m0/s1. The van der Waals surface area contributed by atoms with Gasteiger partial charge in [-0.05, 0) is 25.1 Å². The smallest absolute Gasteiger partial charge is 0.231 e. The first-order valence-corrected chi connectivity index (χ1v) is 5.45. The van der Waals surface area contributed by atoms with Crippen molar-refractivity contribution in [3.63, 3.8) is 0 Å². The number of carbonyl (C=O) groups excluding carboxylic acids is 1. The molecular weight excluding hydrogens is 248 g/mol. The van der Waals surface area contributed by atoms with E-state index in [2.05, 4.69) is 0 Å². The number of hydrogen-bond donors (Lipinski definition) is 3. The number of benzene rings is 1. The highest BCUT2D eigenvalue weighted by atomic mass is 16.7. The molecule has 1 aliphatic rings. The van der Waals surface area contributed by atoms with Gasteiger partial charge in [-0.1, -0.05) is 0 Å². The minimum atomic E-state index is -2.38. The Hall–Kier alpha value is -1.50. The molecule has 6 nitrogen and oxygen atoms in total. The Morgan fingerprint density at radius 1 is 1.32 bits per heavy atom. The van der Waals surface area contributed by atoms with Crippen LogP contribution in [0.15, 0.2) is 18.2 Å². The van der Waals surface area contributed by atoms with Crippen molar-refractivity contribution in [2.45, 2.75) is 18.2 Å². The number of ether oxygens (including phenoxy) is 2. The van der Waals surface area contributed by atoms with Crippen LogP contribution in [0.25, 0.3) is 0 Å². The molecule has 0 bridgehead atoms. The largest absolute Gasteiger partial charge is 0.454 e. The summed E-state index contributed by atoms with van der Waals surface area (Å²) in [4.78, 5) is 12.1. The monoisotopic (exact) mass is 259 g/mol. The summed E-state index contributed by atoms with van der Waals surface area (Å²) >= 11 is 0. The first-order chi connectivity index (χ1) is 8.69. The molecule has 0 saturated heterocycles. The zero-order valence-corrected chi connectivity index (χ0v) is 10.2. The van der Waals surface area contributed by atoms with Gasteiger partial charge in [0.1, 0.15) is 15.7 Å². The van der Waals surface area contributed by atoms with Crippen LogP contribution in [0.3, 0.4) is 0 Å².